The van der Waals surface area contributed by atoms with Gasteiger partial charge >= 0.3 is 12.1 Å². The number of carbonyl (C=O) groups is 1. The van der Waals surface area contributed by atoms with E-state index in [-0.39, 0.29) is 19.4 Å². The number of aliphatic carboxylic acids is 1. The molecule has 0 radical (unpaired) electrons. The Kier molecular flexibility index (Phi) is 5.70. The molecule has 0 fully saturated rings. The number of carboxylic acids is 1. The summed E-state index contributed by atoms with van der Waals surface area (Å²) in [5, 5.41) is 16.5. The zero-order chi connectivity index (χ0) is 11.9. The second kappa shape index (κ2) is 6.24. The Morgan fingerprint density at radius 3 is 2.47 bits per heavy atom. The maximum Gasteiger partial charge on any atom is 0.401 e. The summed E-state index contributed by atoms with van der Waals surface area (Å²) in [6.45, 7) is -1.96. The Bertz CT molecular complexity index is 247. The van der Waals surface area contributed by atoms with Crippen LogP contribution in [0, 0.1) is 11.3 Å². The molecule has 4 nitrogen and oxygen atoms in total. The molecule has 0 spiro atoms. The van der Waals surface area contributed by atoms with Crippen molar-refractivity contribution in [2.24, 2.45) is 0 Å². The summed E-state index contributed by atoms with van der Waals surface area (Å²) in [7, 11) is 0. The largest absolute Gasteiger partial charge is 0.480 e. The fraction of sp³-hybridized carbons (Fsp3) is 0.750. The van der Waals surface area contributed by atoms with Crippen molar-refractivity contribution in [2.75, 3.05) is 19.6 Å². The van der Waals surface area contributed by atoms with E-state index in [0.717, 1.165) is 4.90 Å². The highest BCUT2D eigenvalue weighted by molar-refractivity contribution is 5.69. The van der Waals surface area contributed by atoms with Gasteiger partial charge in [0.1, 0.15) is 0 Å². The van der Waals surface area contributed by atoms with Crippen molar-refractivity contribution in [1.82, 2.24) is 4.90 Å². The highest BCUT2D eigenvalue weighted by Crippen LogP contribution is 2.16. The fourth-order valence-electron chi connectivity index (χ4n) is 1.04. The molecule has 0 aromatic carbocycles. The maximum atomic E-state index is 12.0. The van der Waals surface area contributed by atoms with Crippen LogP contribution in [-0.2, 0) is 4.79 Å². The minimum atomic E-state index is -4.41. The molecule has 0 atom stereocenters. The fourth-order valence-corrected chi connectivity index (χ4v) is 1.04. The van der Waals surface area contributed by atoms with Gasteiger partial charge in [-0.05, 0) is 6.42 Å². The van der Waals surface area contributed by atoms with E-state index in [0.29, 0.717) is 0 Å². The van der Waals surface area contributed by atoms with Gasteiger partial charge in [-0.3, -0.25) is 9.69 Å². The Labute approximate surface area is 84.9 Å². The lowest BCUT2D eigenvalue weighted by molar-refractivity contribution is -0.153. The molecule has 0 aliphatic rings. The lowest BCUT2D eigenvalue weighted by atomic mass is 10.3. The van der Waals surface area contributed by atoms with Crippen molar-refractivity contribution < 1.29 is 23.1 Å². The van der Waals surface area contributed by atoms with E-state index in [1.807, 2.05) is 0 Å². The van der Waals surface area contributed by atoms with Crippen LogP contribution in [0.15, 0.2) is 0 Å². The number of unbranched alkanes of at least 4 members (excludes halogenated alkanes) is 1. The van der Waals surface area contributed by atoms with Crippen LogP contribution in [0.3, 0.4) is 0 Å². The summed E-state index contributed by atoms with van der Waals surface area (Å²) in [5.74, 6) is -1.31. The van der Waals surface area contributed by atoms with Crippen LogP contribution >= 0.6 is 0 Å². The predicted octanol–water partition coefficient (Wildman–Crippen LogP) is 1.24. The molecule has 0 amide bonds. The molecule has 0 unspecified atom stereocenters. The number of nitriles is 1. The predicted molar refractivity (Wildman–Crippen MR) is 45.0 cm³/mol. The molecule has 0 rings (SSSR count). The molecule has 86 valence electrons. The van der Waals surface area contributed by atoms with Gasteiger partial charge in [-0.25, -0.2) is 0 Å². The van der Waals surface area contributed by atoms with E-state index < -0.39 is 25.2 Å². The lowest BCUT2D eigenvalue weighted by Crippen LogP contribution is -2.38. The molecule has 1 N–H and O–H groups in total. The molecule has 0 aromatic heterocycles. The molecule has 0 aliphatic heterocycles. The minimum Gasteiger partial charge on any atom is -0.480 e. The van der Waals surface area contributed by atoms with Crippen molar-refractivity contribution in [3.63, 3.8) is 0 Å². The van der Waals surface area contributed by atoms with Crippen molar-refractivity contribution in [3.05, 3.63) is 0 Å². The van der Waals surface area contributed by atoms with Gasteiger partial charge in [0.05, 0.1) is 19.2 Å². The SMILES string of the molecule is N#CCCCN(CC(=O)O)CC(F)(F)F. The molecule has 7 heteroatoms. The van der Waals surface area contributed by atoms with E-state index >= 15 is 0 Å². The van der Waals surface area contributed by atoms with Crippen LogP contribution in [0.4, 0.5) is 13.2 Å². The summed E-state index contributed by atoms with van der Waals surface area (Å²) in [6.07, 6.45) is -4.06. The molecule has 15 heavy (non-hydrogen) atoms. The number of carboxylic acid groups (broad SMARTS) is 1. The van der Waals surface area contributed by atoms with Crippen molar-refractivity contribution in [2.45, 2.75) is 19.0 Å². The number of hydrogen-bond acceptors (Lipinski definition) is 3. The molecular weight excluding hydrogens is 213 g/mol. The first-order valence-electron chi connectivity index (χ1n) is 4.23. The molecule has 0 aliphatic carbocycles. The van der Waals surface area contributed by atoms with Crippen molar-refractivity contribution >= 4 is 5.97 Å². The Morgan fingerprint density at radius 2 is 2.07 bits per heavy atom. The maximum absolute atomic E-state index is 12.0. The normalized spacial score (nSPS) is 11.4. The lowest BCUT2D eigenvalue weighted by Gasteiger charge is -2.20. The van der Waals surface area contributed by atoms with Crippen LogP contribution in [0.1, 0.15) is 12.8 Å². The monoisotopic (exact) mass is 224 g/mol. The van der Waals surface area contributed by atoms with Gasteiger partial charge in [0, 0.05) is 13.0 Å². The third-order valence-electron chi connectivity index (χ3n) is 1.52. The van der Waals surface area contributed by atoms with Crippen LogP contribution in [0.25, 0.3) is 0 Å². The molecule has 0 bridgehead atoms. The van der Waals surface area contributed by atoms with Crippen LogP contribution < -0.4 is 0 Å². The third-order valence-corrected chi connectivity index (χ3v) is 1.52. The number of rotatable bonds is 6. The number of halogens is 3. The van der Waals surface area contributed by atoms with Crippen LogP contribution in [0.2, 0.25) is 0 Å². The first-order chi connectivity index (χ1) is 6.85. The smallest absolute Gasteiger partial charge is 0.401 e. The zero-order valence-electron chi connectivity index (χ0n) is 7.92. The van der Waals surface area contributed by atoms with Gasteiger partial charge in [-0.1, -0.05) is 0 Å². The van der Waals surface area contributed by atoms with E-state index in [4.69, 9.17) is 10.4 Å². The number of nitrogens with zero attached hydrogens (tertiary/aromatic N) is 2. The first-order valence-corrected chi connectivity index (χ1v) is 4.23. The quantitative estimate of drug-likeness (QED) is 0.689. The second-order valence-corrected chi connectivity index (χ2v) is 2.98. The minimum absolute atomic E-state index is 0.0423. The summed E-state index contributed by atoms with van der Waals surface area (Å²) in [4.78, 5) is 11.0. The Morgan fingerprint density at radius 1 is 1.47 bits per heavy atom. The van der Waals surface area contributed by atoms with E-state index in [2.05, 4.69) is 0 Å². The van der Waals surface area contributed by atoms with Gasteiger partial charge < -0.3 is 5.11 Å². The Balaban J connectivity index is 4.07. The average Bonchev–Trinajstić information content (AvgIpc) is 2.00. The van der Waals surface area contributed by atoms with Gasteiger partial charge in [0.25, 0.3) is 0 Å². The first kappa shape index (κ1) is 13.7. The van der Waals surface area contributed by atoms with Crippen LogP contribution in [0.5, 0.6) is 0 Å². The van der Waals surface area contributed by atoms with Gasteiger partial charge in [-0.2, -0.15) is 18.4 Å². The molecule has 0 heterocycles. The molecule has 0 saturated carbocycles. The van der Waals surface area contributed by atoms with E-state index in [9.17, 15) is 18.0 Å². The van der Waals surface area contributed by atoms with Crippen molar-refractivity contribution in [1.29, 1.82) is 5.26 Å². The van der Waals surface area contributed by atoms with E-state index in [1.54, 1.807) is 6.07 Å². The van der Waals surface area contributed by atoms with Crippen LogP contribution in [-0.4, -0.2) is 41.8 Å². The molecule has 0 aromatic rings. The molecular formula is C8H11F3N2O2. The molecule has 0 saturated heterocycles. The Hall–Kier alpha value is -1.29. The van der Waals surface area contributed by atoms with Crippen molar-refractivity contribution in [3.8, 4) is 6.07 Å². The highest BCUT2D eigenvalue weighted by Gasteiger charge is 2.31. The topological polar surface area (TPSA) is 64.3 Å². The summed E-state index contributed by atoms with van der Waals surface area (Å²) < 4.78 is 35.9. The standard InChI is InChI=1S/C8H11F3N2O2/c9-8(10,11)6-13(5-7(14)15)4-2-1-3-12/h1-2,4-6H2,(H,14,15). The third kappa shape index (κ3) is 9.02. The summed E-state index contributed by atoms with van der Waals surface area (Å²) in [6, 6.07) is 1.78. The summed E-state index contributed by atoms with van der Waals surface area (Å²) in [5.41, 5.74) is 0. The van der Waals surface area contributed by atoms with Gasteiger partial charge in [0.15, 0.2) is 0 Å². The summed E-state index contributed by atoms with van der Waals surface area (Å²) >= 11 is 0. The van der Waals surface area contributed by atoms with Gasteiger partial charge in [0.2, 0.25) is 0 Å². The zero-order valence-corrected chi connectivity index (χ0v) is 7.92. The number of alkyl halides is 3. The average molecular weight is 224 g/mol. The van der Waals surface area contributed by atoms with Gasteiger partial charge in [-0.15, -0.1) is 0 Å². The second-order valence-electron chi connectivity index (χ2n) is 2.98. The highest BCUT2D eigenvalue weighted by atomic mass is 19.4. The van der Waals surface area contributed by atoms with E-state index in [1.165, 1.54) is 0 Å². The number of hydrogen-bond donors (Lipinski definition) is 1.